The first-order valence-corrected chi connectivity index (χ1v) is 8.70. The van der Waals surface area contributed by atoms with E-state index in [0.29, 0.717) is 0 Å². The molecule has 0 aliphatic carbocycles. The summed E-state index contributed by atoms with van der Waals surface area (Å²) in [7, 11) is -1.99. The van der Waals surface area contributed by atoms with Gasteiger partial charge in [-0.1, -0.05) is 47.7 Å². The average molecular weight is 267 g/mol. The molecule has 0 saturated carbocycles. The molecule has 2 unspecified atom stereocenters. The molecule has 0 N–H and O–H groups in total. The van der Waals surface area contributed by atoms with Crippen LogP contribution in [0.2, 0.25) is 0 Å². The molecular weight excluding hydrogens is 245 g/mol. The van der Waals surface area contributed by atoms with Crippen LogP contribution in [0.1, 0.15) is 25.3 Å². The van der Waals surface area contributed by atoms with Gasteiger partial charge in [-0.2, -0.15) is 9.15 Å². The van der Waals surface area contributed by atoms with Crippen molar-refractivity contribution in [3.63, 3.8) is 0 Å². The van der Waals surface area contributed by atoms with Crippen LogP contribution in [0.15, 0.2) is 30.3 Å². The highest BCUT2D eigenvalue weighted by Crippen LogP contribution is 2.48. The Morgan fingerprint density at radius 3 is 2.33 bits per heavy atom. The predicted octanol–water partition coefficient (Wildman–Crippen LogP) is 4.49. The van der Waals surface area contributed by atoms with Gasteiger partial charge >= 0.3 is 0 Å². The van der Waals surface area contributed by atoms with Crippen molar-refractivity contribution in [2.45, 2.75) is 31.4 Å². The first kappa shape index (κ1) is 15.0. The van der Waals surface area contributed by atoms with Gasteiger partial charge in [-0.15, -0.1) is 0 Å². The van der Waals surface area contributed by atoms with E-state index in [0.717, 1.165) is 19.3 Å². The van der Waals surface area contributed by atoms with Crippen LogP contribution in [0, 0.1) is 17.2 Å². The monoisotopic (exact) mass is 267 g/mol. The van der Waals surface area contributed by atoms with Crippen LogP contribution in [0.25, 0.3) is 0 Å². The summed E-state index contributed by atoms with van der Waals surface area (Å²) < 4.78 is 13.8. The standard InChI is InChI=1S/C15H22FNS/c1-13(18(2,3)16)9-10-15(12-17)11-14-7-5-4-6-8-14/h4-8,13,15H,9-11H2,1-3H3. The summed E-state index contributed by atoms with van der Waals surface area (Å²) in [6.45, 7) is 1.95. The minimum atomic E-state index is -1.99. The zero-order chi connectivity index (χ0) is 13.6. The summed E-state index contributed by atoms with van der Waals surface area (Å²) in [6, 6.07) is 12.4. The van der Waals surface area contributed by atoms with Gasteiger partial charge < -0.3 is 0 Å². The summed E-state index contributed by atoms with van der Waals surface area (Å²) in [4.78, 5) is 0. The maximum atomic E-state index is 13.8. The van der Waals surface area contributed by atoms with Crippen LogP contribution in [0.4, 0.5) is 3.89 Å². The Kier molecular flexibility index (Phi) is 5.68. The molecule has 100 valence electrons. The highest BCUT2D eigenvalue weighted by molar-refractivity contribution is 8.28. The molecule has 1 nitrogen and oxygen atoms in total. The first-order valence-electron chi connectivity index (χ1n) is 6.29. The van der Waals surface area contributed by atoms with Crippen molar-refractivity contribution in [2.24, 2.45) is 5.92 Å². The summed E-state index contributed by atoms with van der Waals surface area (Å²) in [5.41, 5.74) is 1.18. The lowest BCUT2D eigenvalue weighted by Gasteiger charge is -2.28. The fourth-order valence-electron chi connectivity index (χ4n) is 1.83. The number of benzene rings is 1. The minimum absolute atomic E-state index is 0.00315. The first-order chi connectivity index (χ1) is 8.43. The molecule has 0 saturated heterocycles. The Balaban J connectivity index is 2.47. The molecule has 0 bridgehead atoms. The van der Waals surface area contributed by atoms with Crippen molar-refractivity contribution < 1.29 is 3.89 Å². The van der Waals surface area contributed by atoms with E-state index in [1.165, 1.54) is 5.56 Å². The number of nitrogens with zero attached hydrogens (tertiary/aromatic N) is 1. The minimum Gasteiger partial charge on any atom is -0.198 e. The summed E-state index contributed by atoms with van der Waals surface area (Å²) in [5, 5.41) is 9.24. The Morgan fingerprint density at radius 1 is 1.22 bits per heavy atom. The van der Waals surface area contributed by atoms with E-state index in [4.69, 9.17) is 5.26 Å². The predicted molar refractivity (Wildman–Crippen MR) is 78.5 cm³/mol. The van der Waals surface area contributed by atoms with Gasteiger partial charge in [0.05, 0.1) is 12.0 Å². The second kappa shape index (κ2) is 6.80. The quantitative estimate of drug-likeness (QED) is 0.745. The van der Waals surface area contributed by atoms with Crippen molar-refractivity contribution in [2.75, 3.05) is 12.5 Å². The van der Waals surface area contributed by atoms with Gasteiger partial charge in [0.25, 0.3) is 0 Å². The Morgan fingerprint density at radius 2 is 1.83 bits per heavy atom. The molecule has 0 heterocycles. The third kappa shape index (κ3) is 5.10. The number of hydrogen-bond acceptors (Lipinski definition) is 1. The smallest absolute Gasteiger partial charge is 0.0659 e. The molecule has 0 aliphatic rings. The van der Waals surface area contributed by atoms with Crippen molar-refractivity contribution in [1.29, 1.82) is 5.26 Å². The van der Waals surface area contributed by atoms with E-state index >= 15 is 0 Å². The highest BCUT2D eigenvalue weighted by atomic mass is 32.3. The van der Waals surface area contributed by atoms with Gasteiger partial charge in [-0.05, 0) is 37.3 Å². The van der Waals surface area contributed by atoms with Gasteiger partial charge in [-0.25, -0.2) is 0 Å². The summed E-state index contributed by atoms with van der Waals surface area (Å²) in [6.07, 6.45) is 5.73. The van der Waals surface area contributed by atoms with Crippen molar-refractivity contribution >= 4 is 10.4 Å². The molecule has 0 aromatic heterocycles. The third-order valence-electron chi connectivity index (χ3n) is 3.39. The largest absolute Gasteiger partial charge is 0.198 e. The van der Waals surface area contributed by atoms with Crippen molar-refractivity contribution in [1.82, 2.24) is 0 Å². The molecule has 1 rings (SSSR count). The maximum absolute atomic E-state index is 13.8. The summed E-state index contributed by atoms with van der Waals surface area (Å²) in [5.74, 6) is -0.00315. The molecule has 0 amide bonds. The van der Waals surface area contributed by atoms with Gasteiger partial charge in [0.15, 0.2) is 0 Å². The van der Waals surface area contributed by atoms with Crippen LogP contribution in [0.5, 0.6) is 0 Å². The molecule has 18 heavy (non-hydrogen) atoms. The van der Waals surface area contributed by atoms with Gasteiger partial charge in [0.2, 0.25) is 0 Å². The fourth-order valence-corrected chi connectivity index (χ4v) is 2.52. The van der Waals surface area contributed by atoms with Crippen LogP contribution in [0.3, 0.4) is 0 Å². The van der Waals surface area contributed by atoms with E-state index in [1.54, 1.807) is 12.5 Å². The lowest BCUT2D eigenvalue weighted by atomic mass is 9.95. The zero-order valence-electron chi connectivity index (χ0n) is 11.4. The van der Waals surface area contributed by atoms with Crippen LogP contribution in [-0.4, -0.2) is 17.8 Å². The van der Waals surface area contributed by atoms with Gasteiger partial charge in [-0.3, -0.25) is 0 Å². The Hall–Kier alpha value is -1.01. The maximum Gasteiger partial charge on any atom is 0.0659 e. The Bertz CT molecular complexity index is 391. The average Bonchev–Trinajstić information content (AvgIpc) is 2.34. The topological polar surface area (TPSA) is 23.8 Å². The van der Waals surface area contributed by atoms with Crippen molar-refractivity contribution in [3.8, 4) is 6.07 Å². The van der Waals surface area contributed by atoms with E-state index in [1.807, 2.05) is 37.3 Å². The van der Waals surface area contributed by atoms with E-state index < -0.39 is 10.4 Å². The highest BCUT2D eigenvalue weighted by Gasteiger charge is 2.20. The fraction of sp³-hybridized carbons (Fsp3) is 0.533. The van der Waals surface area contributed by atoms with E-state index in [9.17, 15) is 3.89 Å². The number of nitriles is 1. The molecule has 1 aromatic carbocycles. The molecule has 0 radical (unpaired) electrons. The van der Waals surface area contributed by atoms with Crippen molar-refractivity contribution in [3.05, 3.63) is 35.9 Å². The van der Waals surface area contributed by atoms with E-state index in [-0.39, 0.29) is 11.2 Å². The molecule has 3 heteroatoms. The van der Waals surface area contributed by atoms with Gasteiger partial charge in [0.1, 0.15) is 0 Å². The van der Waals surface area contributed by atoms with Gasteiger partial charge in [0, 0.05) is 5.25 Å². The lowest BCUT2D eigenvalue weighted by molar-refractivity contribution is 0.562. The number of hydrogen-bond donors (Lipinski definition) is 0. The SMILES string of the molecule is CC(CCC(C#N)Cc1ccccc1)S(C)(C)F. The lowest BCUT2D eigenvalue weighted by Crippen LogP contribution is -2.12. The zero-order valence-corrected chi connectivity index (χ0v) is 12.2. The molecule has 0 aliphatic heterocycles. The third-order valence-corrected chi connectivity index (χ3v) is 5.54. The molecule has 1 aromatic rings. The number of halogens is 1. The normalized spacial score (nSPS) is 15.7. The molecule has 0 fully saturated rings. The van der Waals surface area contributed by atoms with Crippen LogP contribution < -0.4 is 0 Å². The van der Waals surface area contributed by atoms with Crippen LogP contribution >= 0.6 is 10.4 Å². The molecular formula is C15H22FNS. The van der Waals surface area contributed by atoms with Crippen LogP contribution in [-0.2, 0) is 6.42 Å². The number of rotatable bonds is 6. The summed E-state index contributed by atoms with van der Waals surface area (Å²) >= 11 is 0. The molecule has 0 spiro atoms. The second-order valence-electron chi connectivity index (χ2n) is 5.18. The van der Waals surface area contributed by atoms with E-state index in [2.05, 4.69) is 6.07 Å². The molecule has 2 atom stereocenters. The Labute approximate surface area is 112 Å². The second-order valence-corrected chi connectivity index (χ2v) is 8.54.